The van der Waals surface area contributed by atoms with Gasteiger partial charge < -0.3 is 10.2 Å². The molecular formula is C19H26N2O2. The Labute approximate surface area is 138 Å². The highest BCUT2D eigenvalue weighted by atomic mass is 16.2. The summed E-state index contributed by atoms with van der Waals surface area (Å²) in [5, 5.41) is 3.19. The molecule has 0 radical (unpaired) electrons. The van der Waals surface area contributed by atoms with Crippen LogP contribution in [0, 0.1) is 5.92 Å². The van der Waals surface area contributed by atoms with Gasteiger partial charge >= 0.3 is 0 Å². The second kappa shape index (κ2) is 7.16. The molecule has 0 spiro atoms. The summed E-state index contributed by atoms with van der Waals surface area (Å²) in [6, 6.07) is 8.16. The number of nitrogens with zero attached hydrogens (tertiary/aromatic N) is 1. The van der Waals surface area contributed by atoms with Crippen molar-refractivity contribution in [1.29, 1.82) is 0 Å². The zero-order valence-corrected chi connectivity index (χ0v) is 13.9. The quantitative estimate of drug-likeness (QED) is 0.928. The van der Waals surface area contributed by atoms with E-state index in [4.69, 9.17) is 0 Å². The molecule has 3 rings (SSSR count). The Bertz CT molecular complexity index is 567. The van der Waals surface area contributed by atoms with E-state index in [0.29, 0.717) is 24.8 Å². The molecule has 1 saturated carbocycles. The molecular weight excluding hydrogens is 288 g/mol. The topological polar surface area (TPSA) is 49.4 Å². The molecule has 4 nitrogen and oxygen atoms in total. The molecule has 2 atom stereocenters. The van der Waals surface area contributed by atoms with Crippen molar-refractivity contribution in [3.05, 3.63) is 29.8 Å². The summed E-state index contributed by atoms with van der Waals surface area (Å²) in [7, 11) is 0. The Hall–Kier alpha value is -1.84. The predicted molar refractivity (Wildman–Crippen MR) is 91.3 cm³/mol. The zero-order valence-electron chi connectivity index (χ0n) is 13.9. The molecule has 0 unspecified atom stereocenters. The van der Waals surface area contributed by atoms with Crippen molar-refractivity contribution in [2.24, 2.45) is 5.92 Å². The lowest BCUT2D eigenvalue weighted by Gasteiger charge is -2.29. The number of hydrogen-bond acceptors (Lipinski definition) is 2. The normalized spacial score (nSPS) is 24.7. The fraction of sp³-hybridized carbons (Fsp3) is 0.579. The molecule has 1 aromatic carbocycles. The van der Waals surface area contributed by atoms with Gasteiger partial charge in [0.25, 0.3) is 0 Å². The van der Waals surface area contributed by atoms with Gasteiger partial charge in [0.1, 0.15) is 0 Å². The summed E-state index contributed by atoms with van der Waals surface area (Å²) in [5.41, 5.74) is 1.94. The summed E-state index contributed by atoms with van der Waals surface area (Å²) in [4.78, 5) is 25.8. The number of anilines is 1. The number of carbonyl (C=O) groups excluding carboxylic acids is 2. The molecule has 0 aromatic heterocycles. The first-order valence-electron chi connectivity index (χ1n) is 8.82. The number of amides is 2. The third-order valence-electron chi connectivity index (χ3n) is 5.14. The van der Waals surface area contributed by atoms with Gasteiger partial charge in [0, 0.05) is 24.7 Å². The second-order valence-electron chi connectivity index (χ2n) is 6.93. The van der Waals surface area contributed by atoms with Crippen LogP contribution in [0.15, 0.2) is 24.3 Å². The van der Waals surface area contributed by atoms with Crippen molar-refractivity contribution in [1.82, 2.24) is 5.32 Å². The minimum atomic E-state index is 0.105. The average molecular weight is 314 g/mol. The molecule has 1 aromatic rings. The van der Waals surface area contributed by atoms with Crippen LogP contribution in [0.3, 0.4) is 0 Å². The maximum Gasteiger partial charge on any atom is 0.227 e. The fourth-order valence-corrected chi connectivity index (χ4v) is 3.69. The molecule has 4 heteroatoms. The first-order valence-corrected chi connectivity index (χ1v) is 8.82. The van der Waals surface area contributed by atoms with E-state index in [1.54, 1.807) is 0 Å². The molecule has 23 heavy (non-hydrogen) atoms. The van der Waals surface area contributed by atoms with Crippen LogP contribution in [-0.2, 0) is 16.0 Å². The summed E-state index contributed by atoms with van der Waals surface area (Å²) in [5.74, 6) is 0.881. The van der Waals surface area contributed by atoms with E-state index in [1.165, 1.54) is 19.3 Å². The van der Waals surface area contributed by atoms with Gasteiger partial charge in [-0.3, -0.25) is 9.59 Å². The smallest absolute Gasteiger partial charge is 0.227 e. The van der Waals surface area contributed by atoms with E-state index in [1.807, 2.05) is 29.2 Å². The van der Waals surface area contributed by atoms with Crippen LogP contribution < -0.4 is 10.2 Å². The number of nitrogens with one attached hydrogen (secondary N) is 1. The monoisotopic (exact) mass is 314 g/mol. The number of hydrogen-bond donors (Lipinski definition) is 1. The van der Waals surface area contributed by atoms with Crippen LogP contribution in [0.1, 0.15) is 51.0 Å². The number of carbonyl (C=O) groups is 2. The second-order valence-corrected chi connectivity index (χ2v) is 6.93. The molecule has 1 N–H and O–H groups in total. The van der Waals surface area contributed by atoms with Crippen molar-refractivity contribution in [2.75, 3.05) is 11.4 Å². The first-order chi connectivity index (χ1) is 11.1. The molecule has 1 aliphatic carbocycles. The standard InChI is InChI=1S/C19H26N2O2/c1-14-5-2-3-6-17(14)20-18(22)13-15-8-10-16(11-9-15)21-12-4-7-19(21)23/h8-11,14,17H,2-7,12-13H2,1H3,(H,20,22)/t14-,17+/m0/s1. The molecule has 1 aliphatic heterocycles. The first kappa shape index (κ1) is 16.0. The van der Waals surface area contributed by atoms with Gasteiger partial charge in [0.05, 0.1) is 6.42 Å². The molecule has 2 amide bonds. The van der Waals surface area contributed by atoms with Gasteiger partial charge in [-0.15, -0.1) is 0 Å². The van der Waals surface area contributed by atoms with E-state index in [9.17, 15) is 9.59 Å². The van der Waals surface area contributed by atoms with Crippen LogP contribution in [0.25, 0.3) is 0 Å². The molecule has 0 bridgehead atoms. The third kappa shape index (κ3) is 3.92. The number of rotatable bonds is 4. The van der Waals surface area contributed by atoms with Gasteiger partial charge in [-0.05, 0) is 42.9 Å². The Morgan fingerprint density at radius 1 is 1.17 bits per heavy atom. The van der Waals surface area contributed by atoms with Crippen molar-refractivity contribution < 1.29 is 9.59 Å². The van der Waals surface area contributed by atoms with Crippen LogP contribution >= 0.6 is 0 Å². The fourth-order valence-electron chi connectivity index (χ4n) is 3.69. The maximum absolute atomic E-state index is 12.2. The lowest BCUT2D eigenvalue weighted by molar-refractivity contribution is -0.121. The van der Waals surface area contributed by atoms with Crippen molar-refractivity contribution in [2.45, 2.75) is 57.9 Å². The van der Waals surface area contributed by atoms with Gasteiger partial charge in [-0.2, -0.15) is 0 Å². The Kier molecular flexibility index (Phi) is 4.99. The summed E-state index contributed by atoms with van der Waals surface area (Å²) >= 11 is 0. The van der Waals surface area contributed by atoms with Crippen molar-refractivity contribution in [3.63, 3.8) is 0 Å². The van der Waals surface area contributed by atoms with Gasteiger partial charge in [0.2, 0.25) is 11.8 Å². The van der Waals surface area contributed by atoms with Crippen molar-refractivity contribution in [3.8, 4) is 0 Å². The van der Waals surface area contributed by atoms with E-state index >= 15 is 0 Å². The van der Waals surface area contributed by atoms with Gasteiger partial charge in [-0.25, -0.2) is 0 Å². The van der Waals surface area contributed by atoms with Crippen molar-refractivity contribution >= 4 is 17.5 Å². The van der Waals surface area contributed by atoms with Crippen LogP contribution in [-0.4, -0.2) is 24.4 Å². The van der Waals surface area contributed by atoms with Crippen LogP contribution in [0.4, 0.5) is 5.69 Å². The zero-order chi connectivity index (χ0) is 16.2. The van der Waals surface area contributed by atoms with Crippen LogP contribution in [0.5, 0.6) is 0 Å². The molecule has 2 aliphatic rings. The van der Waals surface area contributed by atoms with E-state index < -0.39 is 0 Å². The largest absolute Gasteiger partial charge is 0.353 e. The highest BCUT2D eigenvalue weighted by Gasteiger charge is 2.23. The summed E-state index contributed by atoms with van der Waals surface area (Å²) in [6.45, 7) is 3.03. The third-order valence-corrected chi connectivity index (χ3v) is 5.14. The molecule has 1 saturated heterocycles. The molecule has 124 valence electrons. The summed E-state index contributed by atoms with van der Waals surface area (Å²) < 4.78 is 0. The van der Waals surface area contributed by atoms with Gasteiger partial charge in [0.15, 0.2) is 0 Å². The van der Waals surface area contributed by atoms with E-state index in [-0.39, 0.29) is 11.8 Å². The Balaban J connectivity index is 1.55. The van der Waals surface area contributed by atoms with E-state index in [2.05, 4.69) is 12.2 Å². The maximum atomic E-state index is 12.2. The molecule has 2 fully saturated rings. The SMILES string of the molecule is C[C@H]1CCCC[C@H]1NC(=O)Cc1ccc(N2CCCC2=O)cc1. The van der Waals surface area contributed by atoms with Crippen LogP contribution in [0.2, 0.25) is 0 Å². The lowest BCUT2D eigenvalue weighted by atomic mass is 9.86. The minimum absolute atomic E-state index is 0.105. The minimum Gasteiger partial charge on any atom is -0.353 e. The Morgan fingerprint density at radius 3 is 2.57 bits per heavy atom. The highest BCUT2D eigenvalue weighted by Crippen LogP contribution is 2.24. The lowest BCUT2D eigenvalue weighted by Crippen LogP contribution is -2.41. The molecule has 1 heterocycles. The predicted octanol–water partition coefficient (Wildman–Crippen LogP) is 3.05. The Morgan fingerprint density at radius 2 is 1.91 bits per heavy atom. The van der Waals surface area contributed by atoms with E-state index in [0.717, 1.165) is 30.6 Å². The summed E-state index contributed by atoms with van der Waals surface area (Å²) in [6.07, 6.45) is 6.80. The number of benzene rings is 1. The highest BCUT2D eigenvalue weighted by molar-refractivity contribution is 5.95. The average Bonchev–Trinajstić information content (AvgIpc) is 2.96. The van der Waals surface area contributed by atoms with Gasteiger partial charge in [-0.1, -0.05) is 31.9 Å².